The molecule has 0 amide bonds. The van der Waals surface area contributed by atoms with Gasteiger partial charge in [-0.3, -0.25) is 0 Å². The van der Waals surface area contributed by atoms with Crippen molar-refractivity contribution >= 4 is 0 Å². The first-order valence-corrected chi connectivity index (χ1v) is 4.77. The molecule has 2 unspecified atom stereocenters. The zero-order chi connectivity index (χ0) is 9.26. The lowest BCUT2D eigenvalue weighted by Crippen LogP contribution is -2.28. The first-order chi connectivity index (χ1) is 6.31. The summed E-state index contributed by atoms with van der Waals surface area (Å²) in [6, 6.07) is 0. The van der Waals surface area contributed by atoms with E-state index in [0.29, 0.717) is 6.54 Å². The van der Waals surface area contributed by atoms with Crippen molar-refractivity contribution in [3.8, 4) is 0 Å². The number of nitrogens with two attached hydrogens (primary N) is 1. The van der Waals surface area contributed by atoms with E-state index < -0.39 is 0 Å². The van der Waals surface area contributed by atoms with Crippen molar-refractivity contribution in [3.05, 3.63) is 35.5 Å². The average molecular weight is 177 g/mol. The first kappa shape index (κ1) is 8.73. The van der Waals surface area contributed by atoms with Gasteiger partial charge < -0.3 is 10.5 Å². The van der Waals surface area contributed by atoms with Crippen LogP contribution < -0.4 is 5.73 Å². The van der Waals surface area contributed by atoms with E-state index in [1.165, 1.54) is 11.1 Å². The Balaban J connectivity index is 2.21. The molecule has 13 heavy (non-hydrogen) atoms. The van der Waals surface area contributed by atoms with Gasteiger partial charge >= 0.3 is 0 Å². The summed E-state index contributed by atoms with van der Waals surface area (Å²) in [6.07, 6.45) is 9.82. The normalized spacial score (nSPS) is 31.2. The molecule has 2 rings (SSSR count). The summed E-state index contributed by atoms with van der Waals surface area (Å²) in [4.78, 5) is 0. The van der Waals surface area contributed by atoms with Gasteiger partial charge in [-0.1, -0.05) is 18.2 Å². The number of ether oxygens (including phenoxy) is 1. The summed E-state index contributed by atoms with van der Waals surface area (Å²) >= 11 is 0. The highest BCUT2D eigenvalue weighted by Crippen LogP contribution is 2.30. The fourth-order valence-corrected chi connectivity index (χ4v) is 1.89. The second kappa shape index (κ2) is 3.48. The highest BCUT2D eigenvalue weighted by Gasteiger charge is 2.24. The van der Waals surface area contributed by atoms with Gasteiger partial charge in [-0.05, 0) is 37.1 Å². The Bertz CT molecular complexity index is 288. The highest BCUT2D eigenvalue weighted by atomic mass is 16.5. The van der Waals surface area contributed by atoms with E-state index in [1.807, 2.05) is 0 Å². The molecule has 0 aromatic rings. The van der Waals surface area contributed by atoms with Gasteiger partial charge in [0.15, 0.2) is 0 Å². The van der Waals surface area contributed by atoms with Gasteiger partial charge in [-0.25, -0.2) is 0 Å². The Kier molecular flexibility index (Phi) is 2.34. The van der Waals surface area contributed by atoms with Crippen molar-refractivity contribution in [2.45, 2.75) is 25.6 Å². The van der Waals surface area contributed by atoms with Crippen molar-refractivity contribution in [2.24, 2.45) is 5.73 Å². The van der Waals surface area contributed by atoms with Crippen molar-refractivity contribution in [1.29, 1.82) is 0 Å². The molecule has 70 valence electrons. The Hall–Kier alpha value is -0.860. The Morgan fingerprint density at radius 3 is 3.15 bits per heavy atom. The Morgan fingerprint density at radius 1 is 1.54 bits per heavy atom. The van der Waals surface area contributed by atoms with Crippen molar-refractivity contribution in [1.82, 2.24) is 0 Å². The Morgan fingerprint density at radius 2 is 2.38 bits per heavy atom. The standard InChI is InChI=1S/C11H15NO/c1-8-7-9-3-2-4-10(9)11(13-8)5-6-12/h2-4,7-8,11H,5-6,12H2,1H3. The maximum Gasteiger partial charge on any atom is 0.0850 e. The molecule has 1 aliphatic carbocycles. The van der Waals surface area contributed by atoms with Crippen molar-refractivity contribution in [2.75, 3.05) is 6.54 Å². The molecule has 0 saturated carbocycles. The van der Waals surface area contributed by atoms with Crippen LogP contribution in [0.3, 0.4) is 0 Å². The fraction of sp³-hybridized carbons (Fsp3) is 0.455. The minimum absolute atomic E-state index is 0.204. The second-order valence-electron chi connectivity index (χ2n) is 3.51. The van der Waals surface area contributed by atoms with Crippen LogP contribution in [0.25, 0.3) is 0 Å². The van der Waals surface area contributed by atoms with Gasteiger partial charge in [0.05, 0.1) is 12.2 Å². The van der Waals surface area contributed by atoms with Crippen LogP contribution in [0.4, 0.5) is 0 Å². The molecular formula is C11H15NO. The molecule has 0 aromatic carbocycles. The van der Waals surface area contributed by atoms with Gasteiger partial charge in [0.25, 0.3) is 0 Å². The van der Waals surface area contributed by atoms with Gasteiger partial charge in [0.1, 0.15) is 0 Å². The quantitative estimate of drug-likeness (QED) is 0.694. The molecular weight excluding hydrogens is 162 g/mol. The van der Waals surface area contributed by atoms with Crippen LogP contribution in [0, 0.1) is 0 Å². The van der Waals surface area contributed by atoms with E-state index in [1.54, 1.807) is 0 Å². The largest absolute Gasteiger partial charge is 0.366 e. The number of rotatable bonds is 2. The summed E-state index contributed by atoms with van der Waals surface area (Å²) in [5.41, 5.74) is 8.15. The minimum atomic E-state index is 0.204. The monoisotopic (exact) mass is 177 g/mol. The minimum Gasteiger partial charge on any atom is -0.366 e. The topological polar surface area (TPSA) is 35.2 Å². The first-order valence-electron chi connectivity index (χ1n) is 4.77. The zero-order valence-corrected chi connectivity index (χ0v) is 7.86. The van der Waals surface area contributed by atoms with Gasteiger partial charge in [-0.2, -0.15) is 0 Å². The van der Waals surface area contributed by atoms with E-state index in [2.05, 4.69) is 31.2 Å². The second-order valence-corrected chi connectivity index (χ2v) is 3.51. The summed E-state index contributed by atoms with van der Waals surface area (Å²) in [5.74, 6) is 0. The van der Waals surface area contributed by atoms with Crippen LogP contribution in [0.15, 0.2) is 35.5 Å². The summed E-state index contributed by atoms with van der Waals surface area (Å²) in [6.45, 7) is 2.75. The van der Waals surface area contributed by atoms with E-state index in [9.17, 15) is 0 Å². The lowest BCUT2D eigenvalue weighted by atomic mass is 9.97. The number of fused-ring (bicyclic) bond motifs is 1. The smallest absolute Gasteiger partial charge is 0.0850 e. The average Bonchev–Trinajstić information content (AvgIpc) is 2.52. The molecule has 2 atom stereocenters. The Labute approximate surface area is 78.8 Å². The summed E-state index contributed by atoms with van der Waals surface area (Å²) in [7, 11) is 0. The van der Waals surface area contributed by atoms with Crippen LogP contribution >= 0.6 is 0 Å². The van der Waals surface area contributed by atoms with E-state index >= 15 is 0 Å². The molecule has 0 radical (unpaired) electrons. The zero-order valence-electron chi connectivity index (χ0n) is 7.86. The summed E-state index contributed by atoms with van der Waals surface area (Å²) < 4.78 is 5.78. The molecule has 0 saturated heterocycles. The predicted molar refractivity (Wildman–Crippen MR) is 53.3 cm³/mol. The molecule has 0 aromatic heterocycles. The van der Waals surface area contributed by atoms with Crippen molar-refractivity contribution < 1.29 is 4.74 Å². The van der Waals surface area contributed by atoms with Gasteiger partial charge in [0.2, 0.25) is 0 Å². The molecule has 0 bridgehead atoms. The van der Waals surface area contributed by atoms with Gasteiger partial charge in [0, 0.05) is 0 Å². The van der Waals surface area contributed by atoms with Crippen molar-refractivity contribution in [3.63, 3.8) is 0 Å². The highest BCUT2D eigenvalue weighted by molar-refractivity contribution is 5.51. The van der Waals surface area contributed by atoms with Crippen LogP contribution in [-0.2, 0) is 4.74 Å². The maximum atomic E-state index is 5.78. The predicted octanol–water partition coefficient (Wildman–Crippen LogP) is 1.55. The third-order valence-electron chi connectivity index (χ3n) is 2.45. The molecule has 2 nitrogen and oxygen atoms in total. The van der Waals surface area contributed by atoms with Crippen LogP contribution in [-0.4, -0.2) is 18.8 Å². The van der Waals surface area contributed by atoms with Crippen LogP contribution in [0.2, 0.25) is 0 Å². The van der Waals surface area contributed by atoms with Crippen LogP contribution in [0.1, 0.15) is 13.3 Å². The molecule has 1 aliphatic heterocycles. The molecule has 2 aliphatic rings. The molecule has 2 heteroatoms. The molecule has 0 fully saturated rings. The van der Waals surface area contributed by atoms with Gasteiger partial charge in [-0.15, -0.1) is 0 Å². The number of hydrogen-bond donors (Lipinski definition) is 1. The SMILES string of the molecule is CC1C=C2C=CC=C2C(CCN)O1. The van der Waals surface area contributed by atoms with E-state index in [0.717, 1.165) is 6.42 Å². The lowest BCUT2D eigenvalue weighted by molar-refractivity contribution is 0.0361. The van der Waals surface area contributed by atoms with E-state index in [-0.39, 0.29) is 12.2 Å². The molecule has 1 heterocycles. The number of allylic oxidation sites excluding steroid dienone is 3. The van der Waals surface area contributed by atoms with E-state index in [4.69, 9.17) is 10.5 Å². The maximum absolute atomic E-state index is 5.78. The lowest BCUT2D eigenvalue weighted by Gasteiger charge is -2.27. The van der Waals surface area contributed by atoms with Crippen LogP contribution in [0.5, 0.6) is 0 Å². The summed E-state index contributed by atoms with van der Waals surface area (Å²) in [5, 5.41) is 0. The third-order valence-corrected chi connectivity index (χ3v) is 2.45. The molecule has 2 N–H and O–H groups in total. The number of hydrogen-bond acceptors (Lipinski definition) is 2. The fourth-order valence-electron chi connectivity index (χ4n) is 1.89. The molecule has 0 spiro atoms. The third kappa shape index (κ3) is 1.60.